The Balaban J connectivity index is 0.000000196. The van der Waals surface area contributed by atoms with Crippen molar-refractivity contribution in [2.45, 2.75) is 19.8 Å². The Morgan fingerprint density at radius 1 is 1.09 bits per heavy atom. The lowest BCUT2D eigenvalue weighted by molar-refractivity contribution is 0.0932. The molecule has 0 saturated heterocycles. The summed E-state index contributed by atoms with van der Waals surface area (Å²) < 4.78 is 5.38. The summed E-state index contributed by atoms with van der Waals surface area (Å²) in [7, 11) is 0. The Labute approximate surface area is 205 Å². The maximum Gasteiger partial charge on any atom is 0.248 e. The summed E-state index contributed by atoms with van der Waals surface area (Å²) in [6.45, 7) is 6.05. The molecule has 0 aliphatic carbocycles. The van der Waals surface area contributed by atoms with Crippen molar-refractivity contribution in [1.29, 1.82) is 0 Å². The van der Waals surface area contributed by atoms with Crippen molar-refractivity contribution in [3.63, 3.8) is 0 Å². The fraction of sp³-hybridized carbons (Fsp3) is 0.133. The van der Waals surface area contributed by atoms with Crippen LogP contribution in [0.15, 0.2) is 103 Å². The average molecular weight is 468 g/mol. The number of aromatic hydroxyl groups is 1. The van der Waals surface area contributed by atoms with Crippen molar-refractivity contribution < 1.29 is 19.4 Å². The summed E-state index contributed by atoms with van der Waals surface area (Å²) in [6.07, 6.45) is 8.99. The van der Waals surface area contributed by atoms with E-state index in [-0.39, 0.29) is 11.5 Å². The van der Waals surface area contributed by atoms with E-state index in [0.29, 0.717) is 35.5 Å². The molecule has 0 atom stereocenters. The fourth-order valence-electron chi connectivity index (χ4n) is 3.71. The monoisotopic (exact) mass is 467 g/mol. The third kappa shape index (κ3) is 6.81. The second-order valence-electron chi connectivity index (χ2n) is 7.97. The number of nitrogens with two attached hydrogens (primary N) is 1. The number of benzene rings is 3. The number of allylic oxidation sites excluding steroid dienone is 5. The van der Waals surface area contributed by atoms with E-state index >= 15 is 0 Å². The first-order valence-corrected chi connectivity index (χ1v) is 11.3. The summed E-state index contributed by atoms with van der Waals surface area (Å²) in [5.74, 6) is 0.276. The van der Waals surface area contributed by atoms with Crippen LogP contribution < -0.4 is 10.5 Å². The number of ether oxygens (including phenoxy) is 1. The molecule has 0 radical (unpaired) electrons. The van der Waals surface area contributed by atoms with E-state index in [1.54, 1.807) is 24.3 Å². The quantitative estimate of drug-likeness (QED) is 0.433. The van der Waals surface area contributed by atoms with Gasteiger partial charge in [-0.15, -0.1) is 0 Å². The number of carbonyl (C=O) groups is 2. The molecule has 5 nitrogen and oxygen atoms in total. The van der Waals surface area contributed by atoms with Crippen LogP contribution in [0.1, 0.15) is 39.6 Å². The van der Waals surface area contributed by atoms with E-state index in [0.717, 1.165) is 17.5 Å². The van der Waals surface area contributed by atoms with E-state index in [1.807, 2.05) is 67.6 Å². The van der Waals surface area contributed by atoms with E-state index in [2.05, 4.69) is 6.58 Å². The maximum absolute atomic E-state index is 11.8. The molecule has 0 spiro atoms. The molecule has 1 aliphatic heterocycles. The van der Waals surface area contributed by atoms with Gasteiger partial charge in [-0.05, 0) is 48.2 Å². The van der Waals surface area contributed by atoms with Gasteiger partial charge in [-0.3, -0.25) is 9.59 Å². The van der Waals surface area contributed by atoms with E-state index in [9.17, 15) is 14.7 Å². The molecule has 0 bridgehead atoms. The number of phenolic OH excluding ortho intramolecular Hbond substituents is 1. The fourth-order valence-corrected chi connectivity index (χ4v) is 3.71. The molecule has 178 valence electrons. The van der Waals surface area contributed by atoms with Crippen molar-refractivity contribution in [2.24, 2.45) is 5.73 Å². The predicted molar refractivity (Wildman–Crippen MR) is 140 cm³/mol. The lowest BCUT2D eigenvalue weighted by atomic mass is 9.97. The maximum atomic E-state index is 11.8. The van der Waals surface area contributed by atoms with Gasteiger partial charge in [-0.2, -0.15) is 0 Å². The number of hydrogen-bond acceptors (Lipinski definition) is 4. The highest BCUT2D eigenvalue weighted by Crippen LogP contribution is 2.37. The van der Waals surface area contributed by atoms with Crippen LogP contribution >= 0.6 is 0 Å². The minimum atomic E-state index is -0.396. The van der Waals surface area contributed by atoms with Crippen LogP contribution in [0.2, 0.25) is 0 Å². The van der Waals surface area contributed by atoms with Crippen molar-refractivity contribution in [3.05, 3.63) is 120 Å². The molecule has 0 saturated carbocycles. The standard InChI is InChI=1S/C15H17NO.C15H12O3/c1-3-5-12(6-4-2)11-13-7-9-14(10-8-13)15(16)17;16-13-6-7-18-15-9-14(17)11(8-12(13)15)10-4-2-1-3-5-10/h3-10H,1,11H2,2H3,(H2,16,17);1-5,8-9,17H,6-7H2/b6-4-,12-5+;. The number of ketones is 1. The number of carbonyl (C=O) groups excluding carboxylic acids is 2. The highest BCUT2D eigenvalue weighted by molar-refractivity contribution is 6.01. The highest BCUT2D eigenvalue weighted by atomic mass is 16.5. The molecule has 4 rings (SSSR count). The molecule has 3 aromatic rings. The van der Waals surface area contributed by atoms with Crippen LogP contribution in [0, 0.1) is 0 Å². The molecule has 0 aromatic heterocycles. The van der Waals surface area contributed by atoms with Gasteiger partial charge in [0.15, 0.2) is 5.78 Å². The van der Waals surface area contributed by atoms with Crippen LogP contribution in [0.25, 0.3) is 11.1 Å². The highest BCUT2D eigenvalue weighted by Gasteiger charge is 2.21. The zero-order valence-corrected chi connectivity index (χ0v) is 19.7. The smallest absolute Gasteiger partial charge is 0.248 e. The normalized spacial score (nSPS) is 12.8. The van der Waals surface area contributed by atoms with Gasteiger partial charge in [-0.1, -0.05) is 73.3 Å². The molecule has 3 aromatic carbocycles. The van der Waals surface area contributed by atoms with Gasteiger partial charge in [0.1, 0.15) is 11.5 Å². The van der Waals surface area contributed by atoms with Gasteiger partial charge in [0, 0.05) is 23.6 Å². The molecule has 35 heavy (non-hydrogen) atoms. The molecule has 3 N–H and O–H groups in total. The Hall–Kier alpha value is -4.38. The number of fused-ring (bicyclic) bond motifs is 1. The number of phenols is 1. The van der Waals surface area contributed by atoms with Crippen molar-refractivity contribution >= 4 is 11.7 Å². The Kier molecular flexibility index (Phi) is 8.79. The zero-order chi connectivity index (χ0) is 25.2. The van der Waals surface area contributed by atoms with Gasteiger partial charge in [-0.25, -0.2) is 0 Å². The SMILES string of the molecule is C=C/C=C(\C=C/C)Cc1ccc(C(N)=O)cc1.O=C1CCOc2cc(O)c(-c3ccccc3)cc21. The summed E-state index contributed by atoms with van der Waals surface area (Å²) in [5, 5.41) is 10.0. The van der Waals surface area contributed by atoms with Crippen LogP contribution in [0.5, 0.6) is 11.5 Å². The molecule has 1 heterocycles. The van der Waals surface area contributed by atoms with Gasteiger partial charge in [0.2, 0.25) is 5.91 Å². The number of rotatable bonds is 6. The first-order valence-electron chi connectivity index (χ1n) is 11.3. The molecular weight excluding hydrogens is 438 g/mol. The molecule has 1 amide bonds. The second kappa shape index (κ2) is 12.2. The minimum Gasteiger partial charge on any atom is -0.507 e. The van der Waals surface area contributed by atoms with Gasteiger partial charge < -0.3 is 15.6 Å². The van der Waals surface area contributed by atoms with Gasteiger partial charge in [0.25, 0.3) is 0 Å². The van der Waals surface area contributed by atoms with Gasteiger partial charge >= 0.3 is 0 Å². The van der Waals surface area contributed by atoms with Crippen LogP contribution in [-0.4, -0.2) is 23.4 Å². The Bertz CT molecular complexity index is 1260. The second-order valence-corrected chi connectivity index (χ2v) is 7.97. The van der Waals surface area contributed by atoms with Crippen molar-refractivity contribution in [3.8, 4) is 22.6 Å². The lowest BCUT2D eigenvalue weighted by Crippen LogP contribution is -2.15. The van der Waals surface area contributed by atoms with Crippen molar-refractivity contribution in [2.75, 3.05) is 6.61 Å². The topological polar surface area (TPSA) is 89.6 Å². The summed E-state index contributed by atoms with van der Waals surface area (Å²) in [6, 6.07) is 20.1. The molecule has 0 unspecified atom stereocenters. The van der Waals surface area contributed by atoms with Crippen LogP contribution in [-0.2, 0) is 6.42 Å². The Morgan fingerprint density at radius 2 is 1.80 bits per heavy atom. The molecular formula is C30H29NO4. The third-order valence-electron chi connectivity index (χ3n) is 5.43. The van der Waals surface area contributed by atoms with Crippen LogP contribution in [0.4, 0.5) is 0 Å². The third-order valence-corrected chi connectivity index (χ3v) is 5.43. The first kappa shape index (κ1) is 25.2. The minimum absolute atomic E-state index is 0.0634. The lowest BCUT2D eigenvalue weighted by Gasteiger charge is -2.18. The molecule has 0 fully saturated rings. The number of amides is 1. The summed E-state index contributed by atoms with van der Waals surface area (Å²) in [5.41, 5.74) is 10.1. The molecule has 5 heteroatoms. The number of Topliss-reactive ketones (excluding diaryl/α,β-unsaturated/α-hetero) is 1. The average Bonchev–Trinajstić information content (AvgIpc) is 2.85. The first-order chi connectivity index (χ1) is 16.9. The number of hydrogen-bond donors (Lipinski definition) is 2. The van der Waals surface area contributed by atoms with E-state index in [4.69, 9.17) is 10.5 Å². The van der Waals surface area contributed by atoms with Gasteiger partial charge in [0.05, 0.1) is 12.2 Å². The largest absolute Gasteiger partial charge is 0.507 e. The van der Waals surface area contributed by atoms with E-state index < -0.39 is 5.91 Å². The zero-order valence-electron chi connectivity index (χ0n) is 19.7. The summed E-state index contributed by atoms with van der Waals surface area (Å²) >= 11 is 0. The van der Waals surface area contributed by atoms with E-state index in [1.165, 1.54) is 11.6 Å². The van der Waals surface area contributed by atoms with Crippen molar-refractivity contribution in [1.82, 2.24) is 0 Å². The number of primary amides is 1. The van der Waals surface area contributed by atoms with Crippen LogP contribution in [0.3, 0.4) is 0 Å². The summed E-state index contributed by atoms with van der Waals surface area (Å²) in [4.78, 5) is 22.7. The molecule has 1 aliphatic rings. The Morgan fingerprint density at radius 3 is 2.43 bits per heavy atom. The predicted octanol–water partition coefficient (Wildman–Crippen LogP) is 6.04.